The fraction of sp³-hybridized carbons (Fsp3) is 0.700. The minimum atomic E-state index is -1.13. The molecule has 0 aliphatic carbocycles. The van der Waals surface area contributed by atoms with Crippen LogP contribution in [0.2, 0.25) is 0 Å². The van der Waals surface area contributed by atoms with Gasteiger partial charge in [-0.25, -0.2) is 4.79 Å². The van der Waals surface area contributed by atoms with Gasteiger partial charge in [-0.1, -0.05) is 20.8 Å². The number of hydrogen-bond donors (Lipinski definition) is 3. The van der Waals surface area contributed by atoms with Gasteiger partial charge in [-0.2, -0.15) is 0 Å². The van der Waals surface area contributed by atoms with E-state index >= 15 is 0 Å². The first-order valence-corrected chi connectivity index (χ1v) is 5.36. The first-order chi connectivity index (χ1) is 7.83. The Morgan fingerprint density at radius 1 is 1.53 bits per heavy atom. The van der Waals surface area contributed by atoms with E-state index in [1.165, 1.54) is 0 Å². The fourth-order valence-electron chi connectivity index (χ4n) is 1.27. The van der Waals surface area contributed by atoms with E-state index in [2.05, 4.69) is 5.32 Å². The summed E-state index contributed by atoms with van der Waals surface area (Å²) in [5, 5.41) is 13.4. The van der Waals surface area contributed by atoms with E-state index in [1.807, 2.05) is 12.2 Å². The van der Waals surface area contributed by atoms with Gasteiger partial charge in [-0.15, -0.1) is 0 Å². The molecule has 1 saturated heterocycles. The third-order valence-corrected chi connectivity index (χ3v) is 2.97. The van der Waals surface area contributed by atoms with Crippen molar-refractivity contribution in [2.75, 3.05) is 6.73 Å². The molecule has 1 rings (SSSR count). The topological polar surface area (TPSA) is 98.7 Å². The van der Waals surface area contributed by atoms with Crippen LogP contribution in [0, 0.1) is 5.41 Å². The molecule has 1 fully saturated rings. The third-order valence-electron chi connectivity index (χ3n) is 2.97. The number of carbonyl (C=O) groups excluding carboxylic acids is 3. The molecule has 0 aromatic carbocycles. The number of amides is 4. The van der Waals surface area contributed by atoms with Gasteiger partial charge >= 0.3 is 6.03 Å². The van der Waals surface area contributed by atoms with Gasteiger partial charge in [0.1, 0.15) is 6.73 Å². The number of imide groups is 1. The van der Waals surface area contributed by atoms with E-state index in [4.69, 9.17) is 5.11 Å². The lowest BCUT2D eigenvalue weighted by Crippen LogP contribution is -2.52. The molecule has 96 valence electrons. The van der Waals surface area contributed by atoms with Crippen molar-refractivity contribution >= 4 is 17.8 Å². The molecule has 0 bridgehead atoms. The summed E-state index contributed by atoms with van der Waals surface area (Å²) < 4.78 is 0. The van der Waals surface area contributed by atoms with Crippen LogP contribution in [0.1, 0.15) is 27.2 Å². The molecule has 1 atom stereocenters. The van der Waals surface area contributed by atoms with Crippen LogP contribution in [-0.2, 0) is 9.59 Å². The van der Waals surface area contributed by atoms with E-state index < -0.39 is 30.2 Å². The van der Waals surface area contributed by atoms with Crippen molar-refractivity contribution in [3.05, 3.63) is 0 Å². The second kappa shape index (κ2) is 4.70. The van der Waals surface area contributed by atoms with Crippen LogP contribution in [0.4, 0.5) is 4.79 Å². The number of nitrogens with one attached hydrogen (secondary N) is 2. The van der Waals surface area contributed by atoms with E-state index in [9.17, 15) is 14.4 Å². The Kier molecular flexibility index (Phi) is 3.72. The Labute approximate surface area is 99.2 Å². The zero-order valence-electron chi connectivity index (χ0n) is 10.1. The summed E-state index contributed by atoms with van der Waals surface area (Å²) >= 11 is 0. The number of rotatable bonds is 4. The predicted molar refractivity (Wildman–Crippen MR) is 58.5 cm³/mol. The number of urea groups is 1. The summed E-state index contributed by atoms with van der Waals surface area (Å²) in [6.07, 6.45) is -0.536. The van der Waals surface area contributed by atoms with Crippen molar-refractivity contribution in [2.24, 2.45) is 5.41 Å². The van der Waals surface area contributed by atoms with E-state index in [-0.39, 0.29) is 5.91 Å². The molecule has 1 heterocycles. The molecule has 1 aliphatic rings. The first-order valence-electron chi connectivity index (χ1n) is 5.36. The monoisotopic (exact) mass is 243 g/mol. The first kappa shape index (κ1) is 13.4. The van der Waals surface area contributed by atoms with Crippen LogP contribution in [0.25, 0.3) is 0 Å². The van der Waals surface area contributed by atoms with Gasteiger partial charge in [0.2, 0.25) is 5.91 Å². The quantitative estimate of drug-likeness (QED) is 0.572. The highest BCUT2D eigenvalue weighted by Crippen LogP contribution is 2.20. The number of hydrogen-bond acceptors (Lipinski definition) is 4. The standard InChI is InChI=1S/C10H17N3O4/c1-4-10(2,3)8(16)11-6-7(15)12-9(17)13(6)5-14/h6,14H,4-5H2,1-3H3,(H,11,16)(H,12,15,17). The maximum atomic E-state index is 11.9. The molecule has 0 aromatic heterocycles. The Hall–Kier alpha value is -1.63. The van der Waals surface area contributed by atoms with E-state index in [0.717, 1.165) is 4.90 Å². The summed E-state index contributed by atoms with van der Waals surface area (Å²) in [6.45, 7) is 4.69. The summed E-state index contributed by atoms with van der Waals surface area (Å²) in [7, 11) is 0. The molecular weight excluding hydrogens is 226 g/mol. The van der Waals surface area contributed by atoms with Crippen LogP contribution < -0.4 is 10.6 Å². The maximum absolute atomic E-state index is 11.9. The van der Waals surface area contributed by atoms with Gasteiger partial charge in [-0.05, 0) is 6.42 Å². The number of aliphatic hydroxyl groups is 1. The lowest BCUT2D eigenvalue weighted by Gasteiger charge is -2.26. The van der Waals surface area contributed by atoms with Gasteiger partial charge in [0.05, 0.1) is 0 Å². The molecule has 0 spiro atoms. The van der Waals surface area contributed by atoms with Crippen molar-refractivity contribution in [1.82, 2.24) is 15.5 Å². The summed E-state index contributed by atoms with van der Waals surface area (Å²) in [6, 6.07) is -0.711. The molecule has 0 saturated carbocycles. The zero-order valence-corrected chi connectivity index (χ0v) is 10.1. The average molecular weight is 243 g/mol. The van der Waals surface area contributed by atoms with Crippen molar-refractivity contribution in [1.29, 1.82) is 0 Å². The smallest absolute Gasteiger partial charge is 0.328 e. The average Bonchev–Trinajstić information content (AvgIpc) is 2.53. The number of nitrogens with zero attached hydrogens (tertiary/aromatic N) is 1. The molecule has 17 heavy (non-hydrogen) atoms. The Morgan fingerprint density at radius 2 is 2.12 bits per heavy atom. The highest BCUT2D eigenvalue weighted by Gasteiger charge is 2.40. The molecule has 7 heteroatoms. The molecular formula is C10H17N3O4. The molecule has 1 aliphatic heterocycles. The Morgan fingerprint density at radius 3 is 2.59 bits per heavy atom. The third kappa shape index (κ3) is 2.55. The van der Waals surface area contributed by atoms with Crippen molar-refractivity contribution < 1.29 is 19.5 Å². The highest BCUT2D eigenvalue weighted by molar-refractivity contribution is 6.05. The minimum absolute atomic E-state index is 0.340. The van der Waals surface area contributed by atoms with Crippen LogP contribution >= 0.6 is 0 Å². The largest absolute Gasteiger partial charge is 0.376 e. The van der Waals surface area contributed by atoms with Crippen molar-refractivity contribution in [3.63, 3.8) is 0 Å². The van der Waals surface area contributed by atoms with E-state index in [0.29, 0.717) is 6.42 Å². The van der Waals surface area contributed by atoms with Crippen molar-refractivity contribution in [2.45, 2.75) is 33.4 Å². The summed E-state index contributed by atoms with van der Waals surface area (Å²) in [4.78, 5) is 35.3. The van der Waals surface area contributed by atoms with Crippen LogP contribution in [-0.4, -0.2) is 40.7 Å². The van der Waals surface area contributed by atoms with Crippen LogP contribution in [0.5, 0.6) is 0 Å². The lowest BCUT2D eigenvalue weighted by atomic mass is 9.89. The molecule has 7 nitrogen and oxygen atoms in total. The second-order valence-corrected chi connectivity index (χ2v) is 4.52. The minimum Gasteiger partial charge on any atom is -0.376 e. The Balaban J connectivity index is 2.77. The van der Waals surface area contributed by atoms with Gasteiger partial charge in [0, 0.05) is 5.41 Å². The SMILES string of the molecule is CCC(C)(C)C(=O)NC1C(=O)NC(=O)N1CO. The molecule has 1 unspecified atom stereocenters. The van der Waals surface area contributed by atoms with E-state index in [1.54, 1.807) is 13.8 Å². The molecule has 0 aromatic rings. The summed E-state index contributed by atoms with van der Waals surface area (Å²) in [5.74, 6) is -0.974. The zero-order chi connectivity index (χ0) is 13.2. The second-order valence-electron chi connectivity index (χ2n) is 4.52. The van der Waals surface area contributed by atoms with Crippen LogP contribution in [0.3, 0.4) is 0 Å². The summed E-state index contributed by atoms with van der Waals surface area (Å²) in [5.41, 5.74) is -0.632. The highest BCUT2D eigenvalue weighted by atomic mass is 16.3. The molecule has 4 amide bonds. The molecule has 0 radical (unpaired) electrons. The van der Waals surface area contributed by atoms with Crippen LogP contribution in [0.15, 0.2) is 0 Å². The molecule has 3 N–H and O–H groups in total. The van der Waals surface area contributed by atoms with Gasteiger partial charge in [0.25, 0.3) is 5.91 Å². The van der Waals surface area contributed by atoms with Crippen molar-refractivity contribution in [3.8, 4) is 0 Å². The normalized spacial score (nSPS) is 20.5. The lowest BCUT2D eigenvalue weighted by molar-refractivity contribution is -0.135. The predicted octanol–water partition coefficient (Wildman–Crippen LogP) is -0.633. The van der Waals surface area contributed by atoms with Gasteiger partial charge < -0.3 is 10.4 Å². The van der Waals surface area contributed by atoms with Gasteiger partial charge in [0.15, 0.2) is 6.17 Å². The number of aliphatic hydroxyl groups excluding tert-OH is 1. The Bertz CT molecular complexity index is 353. The number of carbonyl (C=O) groups is 3. The fourth-order valence-corrected chi connectivity index (χ4v) is 1.27. The van der Waals surface area contributed by atoms with Gasteiger partial charge in [-0.3, -0.25) is 19.8 Å². The maximum Gasteiger partial charge on any atom is 0.328 e.